The van der Waals surface area contributed by atoms with E-state index in [9.17, 15) is 4.79 Å². The van der Waals surface area contributed by atoms with Gasteiger partial charge in [-0.25, -0.2) is 9.97 Å². The lowest BCUT2D eigenvalue weighted by atomic mass is 10.1. The van der Waals surface area contributed by atoms with Gasteiger partial charge in [0.2, 0.25) is 5.95 Å². The summed E-state index contributed by atoms with van der Waals surface area (Å²) in [4.78, 5) is 22.9. The highest BCUT2D eigenvalue weighted by atomic mass is 16.1. The van der Waals surface area contributed by atoms with Crippen molar-refractivity contribution in [1.29, 1.82) is 0 Å². The lowest BCUT2D eigenvalue weighted by molar-refractivity contribution is 0.0950. The smallest absolute Gasteiger partial charge is 0.254 e. The molecule has 3 rings (SSSR count). The van der Waals surface area contributed by atoms with Gasteiger partial charge in [-0.2, -0.15) is 0 Å². The number of rotatable bonds is 6. The molecule has 0 bridgehead atoms. The molecule has 5 heteroatoms. The average molecular weight is 346 g/mol. The van der Waals surface area contributed by atoms with E-state index in [1.165, 1.54) is 11.1 Å². The second-order valence-corrected chi connectivity index (χ2v) is 6.29. The Morgan fingerprint density at radius 2 is 1.69 bits per heavy atom. The largest absolute Gasteiger partial charge is 0.348 e. The molecule has 0 aliphatic heterocycles. The zero-order chi connectivity index (χ0) is 18.4. The van der Waals surface area contributed by atoms with Gasteiger partial charge in [-0.15, -0.1) is 0 Å². The molecule has 0 aliphatic carbocycles. The van der Waals surface area contributed by atoms with E-state index in [1.807, 2.05) is 55.3 Å². The summed E-state index contributed by atoms with van der Waals surface area (Å²) in [5, 5.41) is 2.90. The normalized spacial score (nSPS) is 10.4. The molecule has 0 atom stereocenters. The molecule has 0 saturated carbocycles. The van der Waals surface area contributed by atoms with E-state index in [-0.39, 0.29) is 5.91 Å². The predicted octanol–water partition coefficient (Wildman–Crippen LogP) is 3.35. The van der Waals surface area contributed by atoms with Crippen LogP contribution in [-0.4, -0.2) is 22.9 Å². The average Bonchev–Trinajstić information content (AvgIpc) is 2.67. The fourth-order valence-corrected chi connectivity index (χ4v) is 2.67. The van der Waals surface area contributed by atoms with E-state index in [0.29, 0.717) is 24.6 Å². The number of amides is 1. The molecule has 132 valence electrons. The lowest BCUT2D eigenvalue weighted by Gasteiger charge is -2.17. The Bertz CT molecular complexity index is 863. The molecular formula is C21H22N4O. The van der Waals surface area contributed by atoms with Crippen molar-refractivity contribution in [2.75, 3.05) is 11.9 Å². The van der Waals surface area contributed by atoms with E-state index in [2.05, 4.69) is 33.5 Å². The molecule has 26 heavy (non-hydrogen) atoms. The molecule has 1 amide bonds. The van der Waals surface area contributed by atoms with Crippen molar-refractivity contribution in [3.8, 4) is 0 Å². The topological polar surface area (TPSA) is 58.1 Å². The maximum Gasteiger partial charge on any atom is 0.254 e. The monoisotopic (exact) mass is 346 g/mol. The molecule has 1 heterocycles. The summed E-state index contributed by atoms with van der Waals surface area (Å²) in [7, 11) is 1.93. The summed E-state index contributed by atoms with van der Waals surface area (Å²) in [6.07, 6.45) is 3.13. The first-order chi connectivity index (χ1) is 12.6. The van der Waals surface area contributed by atoms with Crippen LogP contribution in [0.4, 0.5) is 5.95 Å². The molecule has 1 aromatic heterocycles. The second kappa shape index (κ2) is 8.25. The Hall–Kier alpha value is -3.21. The van der Waals surface area contributed by atoms with Crippen LogP contribution in [0, 0.1) is 6.92 Å². The van der Waals surface area contributed by atoms with Crippen LogP contribution in [0.2, 0.25) is 0 Å². The molecule has 3 aromatic rings. The van der Waals surface area contributed by atoms with Crippen LogP contribution in [-0.2, 0) is 13.1 Å². The van der Waals surface area contributed by atoms with Crippen LogP contribution in [0.3, 0.4) is 0 Å². The molecule has 0 spiro atoms. The Morgan fingerprint density at radius 1 is 1.00 bits per heavy atom. The predicted molar refractivity (Wildman–Crippen MR) is 103 cm³/mol. The van der Waals surface area contributed by atoms with Gasteiger partial charge in [-0.1, -0.05) is 60.2 Å². The maximum absolute atomic E-state index is 12.3. The van der Waals surface area contributed by atoms with Gasteiger partial charge >= 0.3 is 0 Å². The van der Waals surface area contributed by atoms with Gasteiger partial charge in [-0.3, -0.25) is 4.79 Å². The third-order valence-corrected chi connectivity index (χ3v) is 4.04. The van der Waals surface area contributed by atoms with Crippen LogP contribution in [0.15, 0.2) is 67.0 Å². The lowest BCUT2D eigenvalue weighted by Crippen LogP contribution is -2.24. The Balaban J connectivity index is 1.58. The van der Waals surface area contributed by atoms with Gasteiger partial charge < -0.3 is 10.2 Å². The van der Waals surface area contributed by atoms with Gasteiger partial charge in [0, 0.05) is 32.5 Å². The molecular weight excluding hydrogens is 324 g/mol. The van der Waals surface area contributed by atoms with Crippen molar-refractivity contribution < 1.29 is 4.79 Å². The van der Waals surface area contributed by atoms with E-state index in [0.717, 1.165) is 5.56 Å². The summed E-state index contributed by atoms with van der Waals surface area (Å²) >= 11 is 0. The number of nitrogens with one attached hydrogen (secondary N) is 1. The molecule has 2 aromatic carbocycles. The number of nitrogens with zero attached hydrogens (tertiary/aromatic N) is 3. The highest BCUT2D eigenvalue weighted by molar-refractivity contribution is 5.93. The van der Waals surface area contributed by atoms with Crippen LogP contribution in [0.5, 0.6) is 0 Å². The Morgan fingerprint density at radius 3 is 2.38 bits per heavy atom. The number of anilines is 1. The third kappa shape index (κ3) is 4.66. The standard InChI is InChI=1S/C21H22N4O/c1-16-7-6-10-18(11-16)12-22-20(26)19-13-23-21(24-14-19)25(2)15-17-8-4-3-5-9-17/h3-11,13-14H,12,15H2,1-2H3,(H,22,26). The minimum atomic E-state index is -0.177. The van der Waals surface area contributed by atoms with Crippen LogP contribution >= 0.6 is 0 Å². The van der Waals surface area contributed by atoms with Crippen molar-refractivity contribution in [2.24, 2.45) is 0 Å². The molecule has 0 saturated heterocycles. The highest BCUT2D eigenvalue weighted by Gasteiger charge is 2.09. The fourth-order valence-electron chi connectivity index (χ4n) is 2.67. The minimum absolute atomic E-state index is 0.177. The fraction of sp³-hybridized carbons (Fsp3) is 0.190. The van der Waals surface area contributed by atoms with Crippen molar-refractivity contribution in [1.82, 2.24) is 15.3 Å². The molecule has 0 aliphatic rings. The first-order valence-electron chi connectivity index (χ1n) is 8.52. The number of hydrogen-bond acceptors (Lipinski definition) is 4. The zero-order valence-electron chi connectivity index (χ0n) is 15.0. The van der Waals surface area contributed by atoms with E-state index in [1.54, 1.807) is 12.4 Å². The van der Waals surface area contributed by atoms with Crippen molar-refractivity contribution in [3.05, 3.63) is 89.2 Å². The van der Waals surface area contributed by atoms with Gasteiger partial charge in [-0.05, 0) is 18.1 Å². The quantitative estimate of drug-likeness (QED) is 0.744. The van der Waals surface area contributed by atoms with E-state index < -0.39 is 0 Å². The number of aromatic nitrogens is 2. The molecule has 0 fully saturated rings. The summed E-state index contributed by atoms with van der Waals surface area (Å²) < 4.78 is 0. The van der Waals surface area contributed by atoms with Crippen LogP contribution < -0.4 is 10.2 Å². The zero-order valence-corrected chi connectivity index (χ0v) is 15.0. The summed E-state index contributed by atoms with van der Waals surface area (Å²) in [5.41, 5.74) is 3.87. The second-order valence-electron chi connectivity index (χ2n) is 6.29. The van der Waals surface area contributed by atoms with Crippen molar-refractivity contribution >= 4 is 11.9 Å². The Labute approximate surface area is 153 Å². The van der Waals surface area contributed by atoms with Gasteiger partial charge in [0.25, 0.3) is 5.91 Å². The number of carbonyl (C=O) groups excluding carboxylic acids is 1. The van der Waals surface area contributed by atoms with E-state index >= 15 is 0 Å². The number of aryl methyl sites for hydroxylation is 1. The Kier molecular flexibility index (Phi) is 5.59. The number of hydrogen-bond donors (Lipinski definition) is 1. The summed E-state index contributed by atoms with van der Waals surface area (Å²) in [6.45, 7) is 3.22. The highest BCUT2D eigenvalue weighted by Crippen LogP contribution is 2.10. The van der Waals surface area contributed by atoms with Crippen LogP contribution in [0.1, 0.15) is 27.0 Å². The van der Waals surface area contributed by atoms with Crippen molar-refractivity contribution in [3.63, 3.8) is 0 Å². The first-order valence-corrected chi connectivity index (χ1v) is 8.52. The van der Waals surface area contributed by atoms with E-state index in [4.69, 9.17) is 0 Å². The maximum atomic E-state index is 12.3. The molecule has 0 radical (unpaired) electrons. The summed E-state index contributed by atoms with van der Waals surface area (Å²) in [5.74, 6) is 0.410. The van der Waals surface area contributed by atoms with Gasteiger partial charge in [0.1, 0.15) is 0 Å². The van der Waals surface area contributed by atoms with Gasteiger partial charge in [0.05, 0.1) is 5.56 Å². The number of carbonyl (C=O) groups is 1. The summed E-state index contributed by atoms with van der Waals surface area (Å²) in [6, 6.07) is 18.2. The SMILES string of the molecule is Cc1cccc(CNC(=O)c2cnc(N(C)Cc3ccccc3)nc2)c1. The third-order valence-electron chi connectivity index (χ3n) is 4.04. The number of benzene rings is 2. The van der Waals surface area contributed by atoms with Crippen molar-refractivity contribution in [2.45, 2.75) is 20.0 Å². The molecule has 0 unspecified atom stereocenters. The minimum Gasteiger partial charge on any atom is -0.348 e. The molecule has 1 N–H and O–H groups in total. The first kappa shape index (κ1) is 17.6. The molecule has 5 nitrogen and oxygen atoms in total. The van der Waals surface area contributed by atoms with Crippen LogP contribution in [0.25, 0.3) is 0 Å². The van der Waals surface area contributed by atoms with Gasteiger partial charge in [0.15, 0.2) is 0 Å².